The second-order valence-corrected chi connectivity index (χ2v) is 9.01. The van der Waals surface area contributed by atoms with Crippen molar-refractivity contribution in [3.05, 3.63) is 71.8 Å². The van der Waals surface area contributed by atoms with E-state index in [1.807, 2.05) is 74.5 Å². The van der Waals surface area contributed by atoms with E-state index in [0.29, 0.717) is 0 Å². The number of rotatable bonds is 3. The lowest BCUT2D eigenvalue weighted by Gasteiger charge is -2.29. The molecule has 0 atom stereocenters. The van der Waals surface area contributed by atoms with Crippen LogP contribution in [0, 0.1) is 5.41 Å². The van der Waals surface area contributed by atoms with Crippen LogP contribution in [0.5, 0.6) is 0 Å². The molecule has 0 aliphatic rings. The molecule has 0 aliphatic heterocycles. The maximum Gasteiger partial charge on any atom is 0.265 e. The van der Waals surface area contributed by atoms with E-state index < -0.39 is 15.0 Å². The van der Waals surface area contributed by atoms with Gasteiger partial charge in [0.25, 0.3) is 3.79 Å². The lowest BCUT2D eigenvalue weighted by atomic mass is 9.98. The molecule has 2 aromatic rings. The van der Waals surface area contributed by atoms with E-state index in [2.05, 4.69) is 0 Å². The molecule has 0 radical (unpaired) electrons. The summed E-state index contributed by atoms with van der Waals surface area (Å²) < 4.78 is 3.55. The summed E-state index contributed by atoms with van der Waals surface area (Å²) in [7, 11) is 0. The minimum atomic E-state index is -1.83. The van der Waals surface area contributed by atoms with Gasteiger partial charge in [0.1, 0.15) is 5.60 Å². The first-order chi connectivity index (χ1) is 11.8. The van der Waals surface area contributed by atoms with Crippen molar-refractivity contribution in [1.29, 1.82) is 5.41 Å². The fourth-order valence-electron chi connectivity index (χ4n) is 2.06. The van der Waals surface area contributed by atoms with E-state index in [4.69, 9.17) is 44.9 Å². The van der Waals surface area contributed by atoms with Gasteiger partial charge in [0, 0.05) is 0 Å². The SMILES string of the molecule is CC(C)(O)c1ccccc1.CC(C)(OC(=N)C(Cl)(Cl)Cl)c1ccccc1. The number of hydrogen-bond donors (Lipinski definition) is 2. The highest BCUT2D eigenvalue weighted by atomic mass is 35.6. The quantitative estimate of drug-likeness (QED) is 0.355. The molecular weight excluding hydrogens is 393 g/mol. The molecule has 2 rings (SSSR count). The van der Waals surface area contributed by atoms with Crippen LogP contribution in [0.1, 0.15) is 38.8 Å². The molecule has 0 saturated carbocycles. The molecule has 0 saturated heterocycles. The summed E-state index contributed by atoms with van der Waals surface area (Å²) in [4.78, 5) is 0. The zero-order chi connectivity index (χ0) is 20.0. The van der Waals surface area contributed by atoms with Crippen molar-refractivity contribution in [2.24, 2.45) is 0 Å². The van der Waals surface area contributed by atoms with Gasteiger partial charge in [0.05, 0.1) is 5.60 Å². The number of nitrogens with one attached hydrogen (secondary N) is 1. The van der Waals surface area contributed by atoms with Crippen molar-refractivity contribution in [1.82, 2.24) is 0 Å². The van der Waals surface area contributed by atoms with E-state index in [1.165, 1.54) is 0 Å². The van der Waals surface area contributed by atoms with Crippen molar-refractivity contribution in [3.63, 3.8) is 0 Å². The number of alkyl halides is 3. The number of benzene rings is 2. The molecule has 2 N–H and O–H groups in total. The molecule has 2 aromatic carbocycles. The van der Waals surface area contributed by atoms with Gasteiger partial charge in [0.2, 0.25) is 5.90 Å². The van der Waals surface area contributed by atoms with Gasteiger partial charge in [-0.15, -0.1) is 0 Å². The zero-order valence-corrected chi connectivity index (χ0v) is 17.5. The van der Waals surface area contributed by atoms with E-state index in [1.54, 1.807) is 13.8 Å². The van der Waals surface area contributed by atoms with Gasteiger partial charge >= 0.3 is 0 Å². The molecule has 6 heteroatoms. The van der Waals surface area contributed by atoms with E-state index in [9.17, 15) is 5.11 Å². The Morgan fingerprint density at radius 2 is 1.19 bits per heavy atom. The molecule has 3 nitrogen and oxygen atoms in total. The van der Waals surface area contributed by atoms with Crippen LogP contribution >= 0.6 is 34.8 Å². The molecule has 142 valence electrons. The van der Waals surface area contributed by atoms with E-state index in [-0.39, 0.29) is 5.90 Å². The lowest BCUT2D eigenvalue weighted by Crippen LogP contribution is -2.31. The molecular formula is C20H24Cl3NO2. The molecule has 0 heterocycles. The Balaban J connectivity index is 0.000000289. The molecule has 26 heavy (non-hydrogen) atoms. The Morgan fingerprint density at radius 3 is 1.50 bits per heavy atom. The van der Waals surface area contributed by atoms with Crippen LogP contribution in [0.2, 0.25) is 0 Å². The third-order valence-electron chi connectivity index (χ3n) is 3.56. The van der Waals surface area contributed by atoms with Crippen LogP contribution in [0.15, 0.2) is 60.7 Å². The van der Waals surface area contributed by atoms with Gasteiger partial charge in [0.15, 0.2) is 0 Å². The lowest BCUT2D eigenvalue weighted by molar-refractivity contribution is 0.0786. The zero-order valence-electron chi connectivity index (χ0n) is 15.3. The topological polar surface area (TPSA) is 53.3 Å². The Kier molecular flexibility index (Phi) is 7.97. The summed E-state index contributed by atoms with van der Waals surface area (Å²) in [6, 6.07) is 19.1. The van der Waals surface area contributed by atoms with Crippen molar-refractivity contribution in [2.45, 2.75) is 42.7 Å². The smallest absolute Gasteiger partial charge is 0.265 e. The highest BCUT2D eigenvalue weighted by Gasteiger charge is 2.34. The number of aliphatic hydroxyl groups is 1. The summed E-state index contributed by atoms with van der Waals surface area (Å²) in [5.41, 5.74) is 0.452. The molecule has 0 fully saturated rings. The van der Waals surface area contributed by atoms with Gasteiger partial charge in [-0.05, 0) is 38.8 Å². The van der Waals surface area contributed by atoms with Gasteiger partial charge in [-0.25, -0.2) is 0 Å². The van der Waals surface area contributed by atoms with Gasteiger partial charge in [-0.3, -0.25) is 5.41 Å². The molecule has 0 aliphatic carbocycles. The first-order valence-corrected chi connectivity index (χ1v) is 9.15. The third-order valence-corrected chi connectivity index (χ3v) is 4.08. The standard InChI is InChI=1S/C11H12Cl3NO.C9H12O/c1-10(2,8-6-4-3-5-7-8)16-9(15)11(12,13)14;1-9(2,10)8-6-4-3-5-7-8/h3-7,15H,1-2H3;3-7,10H,1-2H3. The normalized spacial score (nSPS) is 12.0. The van der Waals surface area contributed by atoms with Crippen LogP contribution in [0.25, 0.3) is 0 Å². The number of hydrogen-bond acceptors (Lipinski definition) is 3. The summed E-state index contributed by atoms with van der Waals surface area (Å²) in [5, 5.41) is 17.0. The monoisotopic (exact) mass is 415 g/mol. The average molecular weight is 417 g/mol. The minimum absolute atomic E-state index is 0.383. The molecule has 0 amide bonds. The Hall–Kier alpha value is -1.26. The van der Waals surface area contributed by atoms with Gasteiger partial charge < -0.3 is 9.84 Å². The van der Waals surface area contributed by atoms with Crippen molar-refractivity contribution in [3.8, 4) is 0 Å². The Morgan fingerprint density at radius 1 is 0.808 bits per heavy atom. The van der Waals surface area contributed by atoms with Gasteiger partial charge in [-0.1, -0.05) is 95.5 Å². The molecule has 0 spiro atoms. The molecule has 0 bridgehead atoms. The van der Waals surface area contributed by atoms with Crippen molar-refractivity contribution in [2.75, 3.05) is 0 Å². The van der Waals surface area contributed by atoms with Gasteiger partial charge in [-0.2, -0.15) is 0 Å². The minimum Gasteiger partial charge on any atom is -0.467 e. The van der Waals surface area contributed by atoms with Crippen LogP contribution in [-0.2, 0) is 15.9 Å². The predicted octanol–water partition coefficient (Wildman–Crippen LogP) is 6.20. The Bertz CT molecular complexity index is 690. The Labute approximate surface area is 170 Å². The van der Waals surface area contributed by atoms with Crippen LogP contribution in [0.4, 0.5) is 0 Å². The highest BCUT2D eigenvalue weighted by molar-refractivity contribution is 6.76. The molecule has 0 unspecified atom stereocenters. The first-order valence-electron chi connectivity index (χ1n) is 8.02. The summed E-state index contributed by atoms with van der Waals surface area (Å²) in [5.74, 6) is -0.383. The fourth-order valence-corrected chi connectivity index (χ4v) is 2.17. The van der Waals surface area contributed by atoms with E-state index in [0.717, 1.165) is 11.1 Å². The maximum absolute atomic E-state index is 9.49. The number of ether oxygens (including phenoxy) is 1. The second-order valence-electron chi connectivity index (χ2n) is 6.73. The largest absolute Gasteiger partial charge is 0.467 e. The van der Waals surface area contributed by atoms with E-state index >= 15 is 0 Å². The fraction of sp³-hybridized carbons (Fsp3) is 0.350. The summed E-state index contributed by atoms with van der Waals surface area (Å²) in [6.07, 6.45) is 0. The molecule has 0 aromatic heterocycles. The van der Waals surface area contributed by atoms with Crippen molar-refractivity contribution >= 4 is 40.7 Å². The summed E-state index contributed by atoms with van der Waals surface area (Å²) in [6.45, 7) is 7.19. The summed E-state index contributed by atoms with van der Waals surface area (Å²) >= 11 is 16.7. The average Bonchev–Trinajstić information content (AvgIpc) is 2.55. The van der Waals surface area contributed by atoms with Crippen LogP contribution in [0.3, 0.4) is 0 Å². The third kappa shape index (κ3) is 7.55. The maximum atomic E-state index is 9.49. The number of halogens is 3. The second kappa shape index (κ2) is 9.09. The first kappa shape index (κ1) is 22.8. The predicted molar refractivity (Wildman–Crippen MR) is 110 cm³/mol. The van der Waals surface area contributed by atoms with Crippen molar-refractivity contribution < 1.29 is 9.84 Å². The van der Waals surface area contributed by atoms with Crippen LogP contribution < -0.4 is 0 Å². The highest BCUT2D eigenvalue weighted by Crippen LogP contribution is 2.33. The van der Waals surface area contributed by atoms with Crippen LogP contribution in [-0.4, -0.2) is 14.8 Å².